The molecule has 120 valence electrons. The van der Waals surface area contributed by atoms with Crippen LogP contribution in [0.25, 0.3) is 0 Å². The number of amides is 1. The molecule has 1 aliphatic heterocycles. The van der Waals surface area contributed by atoms with Gasteiger partial charge in [0.2, 0.25) is 5.91 Å². The summed E-state index contributed by atoms with van der Waals surface area (Å²) in [5.74, 6) is 0.813. The molecule has 1 heterocycles. The predicted molar refractivity (Wildman–Crippen MR) is 83.1 cm³/mol. The first kappa shape index (κ1) is 16.2. The van der Waals surface area contributed by atoms with Crippen molar-refractivity contribution in [2.24, 2.45) is 5.92 Å². The summed E-state index contributed by atoms with van der Waals surface area (Å²) < 4.78 is 5.14. The summed E-state index contributed by atoms with van der Waals surface area (Å²) in [4.78, 5) is 24.6. The van der Waals surface area contributed by atoms with Gasteiger partial charge in [0.05, 0.1) is 24.3 Å². The maximum absolute atomic E-state index is 12.2. The number of piperidine rings is 1. The maximum Gasteiger partial charge on any atom is 0.271 e. The van der Waals surface area contributed by atoms with E-state index in [0.29, 0.717) is 17.4 Å². The number of nitro groups is 1. The number of nitro benzene ring substituents is 1. The molecule has 1 aromatic rings. The molecule has 1 N–H and O–H groups in total. The topological polar surface area (TPSA) is 84.7 Å². The highest BCUT2D eigenvalue weighted by Gasteiger charge is 2.20. The van der Waals surface area contributed by atoms with Crippen molar-refractivity contribution >= 4 is 17.3 Å². The first-order chi connectivity index (χ1) is 10.5. The highest BCUT2D eigenvalue weighted by molar-refractivity contribution is 5.94. The Kier molecular flexibility index (Phi) is 5.32. The molecular weight excluding hydrogens is 286 g/mol. The molecule has 0 unspecified atom stereocenters. The van der Waals surface area contributed by atoms with E-state index in [1.165, 1.54) is 31.7 Å². The molecule has 22 heavy (non-hydrogen) atoms. The van der Waals surface area contributed by atoms with Crippen LogP contribution in [-0.2, 0) is 4.79 Å². The number of methoxy groups -OCH3 is 1. The first-order valence-corrected chi connectivity index (χ1v) is 7.34. The van der Waals surface area contributed by atoms with Crippen molar-refractivity contribution in [2.45, 2.75) is 19.8 Å². The second-order valence-corrected chi connectivity index (χ2v) is 5.67. The van der Waals surface area contributed by atoms with Crippen molar-refractivity contribution < 1.29 is 14.5 Å². The Morgan fingerprint density at radius 3 is 2.95 bits per heavy atom. The van der Waals surface area contributed by atoms with Gasteiger partial charge in [0, 0.05) is 18.7 Å². The molecular formula is C15H21N3O4. The van der Waals surface area contributed by atoms with Gasteiger partial charge in [-0.2, -0.15) is 0 Å². The van der Waals surface area contributed by atoms with Crippen molar-refractivity contribution in [3.05, 3.63) is 28.3 Å². The number of ether oxygens (including phenoxy) is 1. The summed E-state index contributed by atoms with van der Waals surface area (Å²) in [7, 11) is 1.46. The molecule has 1 amide bonds. The summed E-state index contributed by atoms with van der Waals surface area (Å²) >= 11 is 0. The molecule has 2 rings (SSSR count). The normalized spacial score (nSPS) is 18.7. The summed E-state index contributed by atoms with van der Waals surface area (Å²) in [6, 6.07) is 4.15. The number of anilines is 1. The van der Waals surface area contributed by atoms with Crippen molar-refractivity contribution in [1.29, 1.82) is 0 Å². The van der Waals surface area contributed by atoms with E-state index < -0.39 is 4.92 Å². The van der Waals surface area contributed by atoms with E-state index in [0.717, 1.165) is 19.5 Å². The van der Waals surface area contributed by atoms with Gasteiger partial charge in [0.15, 0.2) is 0 Å². The van der Waals surface area contributed by atoms with Crippen molar-refractivity contribution in [2.75, 3.05) is 32.1 Å². The fourth-order valence-electron chi connectivity index (χ4n) is 2.73. The van der Waals surface area contributed by atoms with E-state index in [1.807, 2.05) is 0 Å². The van der Waals surface area contributed by atoms with Crippen LogP contribution < -0.4 is 10.1 Å². The summed E-state index contributed by atoms with van der Waals surface area (Å²) in [5, 5.41) is 13.5. The molecule has 0 aromatic heterocycles. The van der Waals surface area contributed by atoms with E-state index in [4.69, 9.17) is 4.74 Å². The molecule has 0 radical (unpaired) electrons. The largest absolute Gasteiger partial charge is 0.495 e. The lowest BCUT2D eigenvalue weighted by Gasteiger charge is -2.30. The van der Waals surface area contributed by atoms with Crippen LogP contribution in [0, 0.1) is 16.0 Å². The fraction of sp³-hybridized carbons (Fsp3) is 0.533. The molecule has 7 heteroatoms. The van der Waals surface area contributed by atoms with Gasteiger partial charge in [0.25, 0.3) is 5.69 Å². The van der Waals surface area contributed by atoms with Crippen LogP contribution >= 0.6 is 0 Å². The Labute approximate surface area is 129 Å². The number of hydrogen-bond acceptors (Lipinski definition) is 5. The first-order valence-electron chi connectivity index (χ1n) is 7.34. The van der Waals surface area contributed by atoms with Crippen LogP contribution in [0.15, 0.2) is 18.2 Å². The number of nitrogens with zero attached hydrogens (tertiary/aromatic N) is 2. The molecule has 0 aliphatic carbocycles. The summed E-state index contributed by atoms with van der Waals surface area (Å²) in [5.41, 5.74) is 0.245. The van der Waals surface area contributed by atoms with Crippen molar-refractivity contribution in [3.63, 3.8) is 0 Å². The zero-order valence-corrected chi connectivity index (χ0v) is 12.9. The zero-order chi connectivity index (χ0) is 16.1. The number of benzene rings is 1. The van der Waals surface area contributed by atoms with E-state index in [9.17, 15) is 14.9 Å². The van der Waals surface area contributed by atoms with Crippen molar-refractivity contribution in [3.8, 4) is 5.75 Å². The minimum Gasteiger partial charge on any atom is -0.495 e. The van der Waals surface area contributed by atoms with Crippen molar-refractivity contribution in [1.82, 2.24) is 4.90 Å². The lowest BCUT2D eigenvalue weighted by molar-refractivity contribution is -0.384. The molecule has 1 aromatic carbocycles. The Morgan fingerprint density at radius 1 is 1.55 bits per heavy atom. The molecule has 1 fully saturated rings. The van der Waals surface area contributed by atoms with E-state index >= 15 is 0 Å². The Bertz CT molecular complexity index is 562. The Balaban J connectivity index is 2.03. The molecule has 0 saturated carbocycles. The molecule has 1 saturated heterocycles. The summed E-state index contributed by atoms with van der Waals surface area (Å²) in [6.07, 6.45) is 2.28. The molecule has 0 bridgehead atoms. The third-order valence-electron chi connectivity index (χ3n) is 3.78. The van der Waals surface area contributed by atoms with E-state index in [2.05, 4.69) is 17.1 Å². The molecule has 1 atom stereocenters. The smallest absolute Gasteiger partial charge is 0.271 e. The van der Waals surface area contributed by atoms with Gasteiger partial charge in [0.1, 0.15) is 5.75 Å². The number of rotatable bonds is 5. The van der Waals surface area contributed by atoms with E-state index in [-0.39, 0.29) is 18.1 Å². The molecule has 7 nitrogen and oxygen atoms in total. The van der Waals surface area contributed by atoms with Gasteiger partial charge in [-0.1, -0.05) is 6.92 Å². The zero-order valence-electron chi connectivity index (χ0n) is 12.9. The predicted octanol–water partition coefficient (Wildman–Crippen LogP) is 2.27. The molecule has 1 aliphatic rings. The summed E-state index contributed by atoms with van der Waals surface area (Å²) in [6.45, 7) is 4.27. The van der Waals surface area contributed by atoms with Crippen LogP contribution in [0.2, 0.25) is 0 Å². The number of carbonyl (C=O) groups excluding carboxylic acids is 1. The number of likely N-dealkylation sites (tertiary alicyclic amines) is 1. The lowest BCUT2D eigenvalue weighted by atomic mass is 10.0. The number of carbonyl (C=O) groups is 1. The highest BCUT2D eigenvalue weighted by Crippen LogP contribution is 2.28. The Hall–Kier alpha value is -2.15. The van der Waals surface area contributed by atoms with Crippen LogP contribution in [0.3, 0.4) is 0 Å². The SMILES string of the molecule is COc1ccc([N+](=O)[O-])cc1NC(=O)CN1CCC[C@H](C)C1. The molecule has 0 spiro atoms. The second kappa shape index (κ2) is 7.22. The van der Waals surface area contributed by atoms with Gasteiger partial charge < -0.3 is 10.1 Å². The third kappa shape index (κ3) is 4.17. The monoisotopic (exact) mass is 307 g/mol. The van der Waals surface area contributed by atoms with Gasteiger partial charge >= 0.3 is 0 Å². The van der Waals surface area contributed by atoms with Gasteiger partial charge in [-0.25, -0.2) is 0 Å². The standard InChI is InChI=1S/C15H21N3O4/c1-11-4-3-7-17(9-11)10-15(19)16-13-8-12(18(20)21)5-6-14(13)22-2/h5-6,8,11H,3-4,7,9-10H2,1-2H3,(H,16,19)/t11-/m0/s1. The number of hydrogen-bond donors (Lipinski definition) is 1. The average Bonchev–Trinajstić information content (AvgIpc) is 2.47. The second-order valence-electron chi connectivity index (χ2n) is 5.67. The third-order valence-corrected chi connectivity index (χ3v) is 3.78. The van der Waals surface area contributed by atoms with Crippen LogP contribution in [0.1, 0.15) is 19.8 Å². The minimum atomic E-state index is -0.499. The maximum atomic E-state index is 12.2. The number of nitrogens with one attached hydrogen (secondary N) is 1. The van der Waals surface area contributed by atoms with Gasteiger partial charge in [-0.05, 0) is 31.4 Å². The Morgan fingerprint density at radius 2 is 2.32 bits per heavy atom. The minimum absolute atomic E-state index is 0.0808. The highest BCUT2D eigenvalue weighted by atomic mass is 16.6. The lowest BCUT2D eigenvalue weighted by Crippen LogP contribution is -2.39. The van der Waals surface area contributed by atoms with Crippen LogP contribution in [0.5, 0.6) is 5.75 Å². The fourth-order valence-corrected chi connectivity index (χ4v) is 2.73. The van der Waals surface area contributed by atoms with E-state index in [1.54, 1.807) is 0 Å². The van der Waals surface area contributed by atoms with Crippen LogP contribution in [0.4, 0.5) is 11.4 Å². The average molecular weight is 307 g/mol. The van der Waals surface area contributed by atoms with Gasteiger partial charge in [-0.15, -0.1) is 0 Å². The quantitative estimate of drug-likeness (QED) is 0.666. The van der Waals surface area contributed by atoms with Gasteiger partial charge in [-0.3, -0.25) is 19.8 Å². The number of non-ortho nitro benzene ring substituents is 1. The van der Waals surface area contributed by atoms with Crippen LogP contribution in [-0.4, -0.2) is 42.5 Å².